The molecule has 0 saturated carbocycles. The number of nitrogens with zero attached hydrogens (tertiary/aromatic N) is 4. The normalized spacial score (nSPS) is 14.9. The molecule has 0 N–H and O–H groups in total. The van der Waals surface area contributed by atoms with Crippen LogP contribution in [0.3, 0.4) is 0 Å². The molecule has 2 amide bonds. The molecule has 0 bridgehead atoms. The number of furan rings is 1. The fourth-order valence-corrected chi connectivity index (χ4v) is 3.14. The summed E-state index contributed by atoms with van der Waals surface area (Å²) in [6.07, 6.45) is 1.56. The summed E-state index contributed by atoms with van der Waals surface area (Å²) in [6, 6.07) is 1.76. The van der Waals surface area contributed by atoms with E-state index in [4.69, 9.17) is 8.83 Å². The largest absolute Gasteiger partial charge is 0.469 e. The van der Waals surface area contributed by atoms with Gasteiger partial charge >= 0.3 is 0 Å². The highest BCUT2D eigenvalue weighted by Gasteiger charge is 2.23. The number of carbonyl (C=O) groups is 2. The Labute approximate surface area is 143 Å². The lowest BCUT2D eigenvalue weighted by Gasteiger charge is -2.34. The highest BCUT2D eigenvalue weighted by molar-refractivity contribution is 7.99. The molecular weight excluding hydrogens is 332 g/mol. The highest BCUT2D eigenvalue weighted by Crippen LogP contribution is 2.26. The summed E-state index contributed by atoms with van der Waals surface area (Å²) >= 11 is 1.21. The van der Waals surface area contributed by atoms with Gasteiger partial charge in [-0.2, -0.15) is 0 Å². The number of amides is 2. The second kappa shape index (κ2) is 7.08. The molecule has 24 heavy (non-hydrogen) atoms. The molecule has 128 valence electrons. The third-order valence-electron chi connectivity index (χ3n) is 3.89. The minimum absolute atomic E-state index is 0.00226. The Morgan fingerprint density at radius 3 is 2.54 bits per heavy atom. The molecule has 2 aromatic rings. The quantitative estimate of drug-likeness (QED) is 0.770. The Hall–Kier alpha value is -2.29. The average Bonchev–Trinajstić information content (AvgIpc) is 3.21. The van der Waals surface area contributed by atoms with Crippen LogP contribution in [0.25, 0.3) is 11.5 Å². The first-order valence-electron chi connectivity index (χ1n) is 7.58. The zero-order chi connectivity index (χ0) is 17.1. The van der Waals surface area contributed by atoms with Crippen LogP contribution in [-0.2, 0) is 9.59 Å². The van der Waals surface area contributed by atoms with Gasteiger partial charge in [0.15, 0.2) is 0 Å². The molecule has 0 unspecified atom stereocenters. The first-order valence-corrected chi connectivity index (χ1v) is 8.57. The molecular formula is C15H18N4O4S. The van der Waals surface area contributed by atoms with E-state index in [-0.39, 0.29) is 17.6 Å². The van der Waals surface area contributed by atoms with Gasteiger partial charge in [-0.15, -0.1) is 10.2 Å². The van der Waals surface area contributed by atoms with Crippen LogP contribution in [0, 0.1) is 6.92 Å². The third-order valence-corrected chi connectivity index (χ3v) is 4.70. The lowest BCUT2D eigenvalue weighted by atomic mass is 10.3. The zero-order valence-electron chi connectivity index (χ0n) is 13.5. The van der Waals surface area contributed by atoms with Gasteiger partial charge < -0.3 is 18.6 Å². The molecule has 0 radical (unpaired) electrons. The molecule has 3 heterocycles. The number of thioether (sulfide) groups is 1. The van der Waals surface area contributed by atoms with Gasteiger partial charge in [0, 0.05) is 33.1 Å². The minimum atomic E-state index is 0.00226. The molecule has 0 aromatic carbocycles. The molecule has 3 rings (SSSR count). The highest BCUT2D eigenvalue weighted by atomic mass is 32.2. The van der Waals surface area contributed by atoms with Crippen LogP contribution >= 0.6 is 11.8 Å². The topological polar surface area (TPSA) is 92.7 Å². The Bertz CT molecular complexity index is 733. The number of carbonyl (C=O) groups excluding carboxylic acids is 2. The minimum Gasteiger partial charge on any atom is -0.469 e. The molecule has 9 heteroatoms. The van der Waals surface area contributed by atoms with Crippen molar-refractivity contribution in [2.24, 2.45) is 0 Å². The van der Waals surface area contributed by atoms with Gasteiger partial charge in [0.2, 0.25) is 11.8 Å². The Morgan fingerprint density at radius 2 is 1.92 bits per heavy atom. The number of rotatable bonds is 4. The van der Waals surface area contributed by atoms with Crippen molar-refractivity contribution in [2.75, 3.05) is 31.9 Å². The van der Waals surface area contributed by atoms with Gasteiger partial charge in [0.25, 0.3) is 11.1 Å². The molecule has 1 saturated heterocycles. The van der Waals surface area contributed by atoms with E-state index in [1.54, 1.807) is 29.1 Å². The summed E-state index contributed by atoms with van der Waals surface area (Å²) in [5.74, 6) is 1.36. The number of hydrogen-bond acceptors (Lipinski definition) is 7. The molecule has 0 aliphatic carbocycles. The first kappa shape index (κ1) is 16.6. The Balaban J connectivity index is 1.51. The molecule has 8 nitrogen and oxygen atoms in total. The van der Waals surface area contributed by atoms with Crippen LogP contribution in [0.5, 0.6) is 0 Å². The summed E-state index contributed by atoms with van der Waals surface area (Å²) in [5.41, 5.74) is 0.751. The van der Waals surface area contributed by atoms with Gasteiger partial charge in [-0.25, -0.2) is 0 Å². The smallest absolute Gasteiger partial charge is 0.277 e. The van der Waals surface area contributed by atoms with Crippen LogP contribution in [0.2, 0.25) is 0 Å². The third kappa shape index (κ3) is 3.61. The Kier molecular flexibility index (Phi) is 4.89. The van der Waals surface area contributed by atoms with E-state index in [2.05, 4.69) is 10.2 Å². The second-order valence-electron chi connectivity index (χ2n) is 5.44. The lowest BCUT2D eigenvalue weighted by Crippen LogP contribution is -2.50. The fourth-order valence-electron chi connectivity index (χ4n) is 2.47. The van der Waals surface area contributed by atoms with Crippen molar-refractivity contribution < 1.29 is 18.4 Å². The lowest BCUT2D eigenvalue weighted by molar-refractivity contribution is -0.136. The summed E-state index contributed by atoms with van der Waals surface area (Å²) in [5, 5.41) is 8.27. The molecule has 1 aliphatic rings. The van der Waals surface area contributed by atoms with Gasteiger partial charge in [-0.1, -0.05) is 11.8 Å². The van der Waals surface area contributed by atoms with Gasteiger partial charge in [-0.05, 0) is 13.0 Å². The van der Waals surface area contributed by atoms with Crippen molar-refractivity contribution in [2.45, 2.75) is 19.1 Å². The summed E-state index contributed by atoms with van der Waals surface area (Å²) < 4.78 is 10.8. The monoisotopic (exact) mass is 350 g/mol. The van der Waals surface area contributed by atoms with Gasteiger partial charge in [0.1, 0.15) is 5.76 Å². The predicted octanol–water partition coefficient (Wildman–Crippen LogP) is 1.42. The number of hydrogen-bond donors (Lipinski definition) is 0. The predicted molar refractivity (Wildman–Crippen MR) is 86.3 cm³/mol. The Morgan fingerprint density at radius 1 is 1.21 bits per heavy atom. The molecule has 1 fully saturated rings. The molecule has 0 spiro atoms. The van der Waals surface area contributed by atoms with Crippen LogP contribution in [0.4, 0.5) is 0 Å². The van der Waals surface area contributed by atoms with Crippen molar-refractivity contribution in [1.29, 1.82) is 0 Å². The van der Waals surface area contributed by atoms with E-state index in [9.17, 15) is 9.59 Å². The first-order chi connectivity index (χ1) is 11.5. The van der Waals surface area contributed by atoms with Crippen LogP contribution in [-0.4, -0.2) is 63.7 Å². The van der Waals surface area contributed by atoms with Gasteiger partial charge in [0.05, 0.1) is 17.6 Å². The van der Waals surface area contributed by atoms with E-state index in [0.29, 0.717) is 43.1 Å². The number of aromatic nitrogens is 2. The van der Waals surface area contributed by atoms with E-state index >= 15 is 0 Å². The number of piperazine rings is 1. The maximum atomic E-state index is 12.2. The zero-order valence-corrected chi connectivity index (χ0v) is 14.3. The van der Waals surface area contributed by atoms with Crippen LogP contribution in [0.1, 0.15) is 12.7 Å². The van der Waals surface area contributed by atoms with E-state index < -0.39 is 0 Å². The maximum Gasteiger partial charge on any atom is 0.277 e. The summed E-state index contributed by atoms with van der Waals surface area (Å²) in [4.78, 5) is 27.0. The van der Waals surface area contributed by atoms with Crippen molar-refractivity contribution in [3.8, 4) is 11.5 Å². The standard InChI is InChI=1S/C15H18N4O4S/c1-10-12(3-8-22-10)14-16-17-15(23-14)24-9-13(21)19-6-4-18(5-7-19)11(2)20/h3,8H,4-7,9H2,1-2H3. The van der Waals surface area contributed by atoms with E-state index in [1.165, 1.54) is 11.8 Å². The van der Waals surface area contributed by atoms with Crippen molar-refractivity contribution in [1.82, 2.24) is 20.0 Å². The van der Waals surface area contributed by atoms with Crippen molar-refractivity contribution in [3.05, 3.63) is 18.1 Å². The van der Waals surface area contributed by atoms with Crippen molar-refractivity contribution in [3.63, 3.8) is 0 Å². The average molecular weight is 350 g/mol. The van der Waals surface area contributed by atoms with E-state index in [1.807, 2.05) is 6.92 Å². The SMILES string of the molecule is CC(=O)N1CCN(C(=O)CSc2nnc(-c3ccoc3C)o2)CC1. The number of aryl methyl sites for hydroxylation is 1. The molecule has 0 atom stereocenters. The summed E-state index contributed by atoms with van der Waals surface area (Å²) in [6.45, 7) is 5.63. The molecule has 1 aliphatic heterocycles. The fraction of sp³-hybridized carbons (Fsp3) is 0.467. The van der Waals surface area contributed by atoms with E-state index in [0.717, 1.165) is 5.56 Å². The molecule has 2 aromatic heterocycles. The maximum absolute atomic E-state index is 12.2. The summed E-state index contributed by atoms with van der Waals surface area (Å²) in [7, 11) is 0. The van der Waals surface area contributed by atoms with Crippen molar-refractivity contribution >= 4 is 23.6 Å². The van der Waals surface area contributed by atoms with Crippen LogP contribution in [0.15, 0.2) is 26.4 Å². The van der Waals surface area contributed by atoms with Crippen LogP contribution < -0.4 is 0 Å². The van der Waals surface area contributed by atoms with Gasteiger partial charge in [-0.3, -0.25) is 9.59 Å². The second-order valence-corrected chi connectivity index (χ2v) is 6.37.